The zero-order chi connectivity index (χ0) is 13.1. The van der Waals surface area contributed by atoms with Gasteiger partial charge in [-0.25, -0.2) is 9.37 Å². The lowest BCUT2D eigenvalue weighted by molar-refractivity contribution is 0.613. The first-order valence-corrected chi connectivity index (χ1v) is 6.12. The second kappa shape index (κ2) is 5.55. The number of hydrogen-bond acceptors (Lipinski definition) is 2. The van der Waals surface area contributed by atoms with E-state index in [2.05, 4.69) is 10.3 Å². The zero-order valence-corrected chi connectivity index (χ0v) is 11.2. The zero-order valence-electron chi connectivity index (χ0n) is 9.67. The van der Waals surface area contributed by atoms with Crippen molar-refractivity contribution >= 4 is 28.9 Å². The average Bonchev–Trinajstić information content (AvgIpc) is 2.31. The molecule has 2 nitrogen and oxygen atoms in total. The highest BCUT2D eigenvalue weighted by atomic mass is 35.5. The van der Waals surface area contributed by atoms with Crippen molar-refractivity contribution in [3.8, 4) is 0 Å². The Morgan fingerprint density at radius 3 is 2.72 bits per heavy atom. The molecule has 0 bridgehead atoms. The molecule has 0 atom stereocenters. The number of pyridine rings is 1. The van der Waals surface area contributed by atoms with Crippen molar-refractivity contribution in [2.75, 3.05) is 5.32 Å². The molecule has 2 aromatic rings. The largest absolute Gasteiger partial charge is 0.378 e. The molecule has 0 saturated carbocycles. The minimum absolute atomic E-state index is 0.329. The van der Waals surface area contributed by atoms with Crippen LogP contribution in [0.25, 0.3) is 0 Å². The van der Waals surface area contributed by atoms with Gasteiger partial charge >= 0.3 is 0 Å². The molecule has 0 fully saturated rings. The van der Waals surface area contributed by atoms with Gasteiger partial charge in [0.25, 0.3) is 0 Å². The molecule has 94 valence electrons. The van der Waals surface area contributed by atoms with Crippen LogP contribution in [0.1, 0.15) is 11.1 Å². The highest BCUT2D eigenvalue weighted by Crippen LogP contribution is 2.24. The molecule has 0 radical (unpaired) electrons. The van der Waals surface area contributed by atoms with Crippen molar-refractivity contribution in [3.63, 3.8) is 0 Å². The highest BCUT2D eigenvalue weighted by Gasteiger charge is 2.07. The summed E-state index contributed by atoms with van der Waals surface area (Å²) in [7, 11) is 0. The Balaban J connectivity index is 2.16. The summed E-state index contributed by atoms with van der Waals surface area (Å²) >= 11 is 11.7. The minimum Gasteiger partial charge on any atom is -0.378 e. The van der Waals surface area contributed by atoms with Crippen molar-refractivity contribution in [3.05, 3.63) is 57.6 Å². The molecule has 1 aromatic carbocycles. The van der Waals surface area contributed by atoms with Gasteiger partial charge in [0, 0.05) is 23.3 Å². The molecule has 5 heteroatoms. The fraction of sp³-hybridized carbons (Fsp3) is 0.154. The molecule has 1 N–H and O–H groups in total. The first-order valence-electron chi connectivity index (χ1n) is 5.37. The van der Waals surface area contributed by atoms with Gasteiger partial charge in [-0.3, -0.25) is 0 Å². The molecule has 0 amide bonds. The average molecular weight is 285 g/mol. The van der Waals surface area contributed by atoms with Crippen LogP contribution in [-0.2, 0) is 6.54 Å². The van der Waals surface area contributed by atoms with Gasteiger partial charge in [0.1, 0.15) is 5.82 Å². The molecule has 0 aliphatic rings. The minimum atomic E-state index is -0.340. The maximum atomic E-state index is 13.6. The van der Waals surface area contributed by atoms with E-state index in [1.807, 2.05) is 13.0 Å². The summed E-state index contributed by atoms with van der Waals surface area (Å²) in [6.07, 6.45) is 1.63. The third-order valence-corrected chi connectivity index (χ3v) is 3.11. The summed E-state index contributed by atoms with van der Waals surface area (Å²) < 4.78 is 13.6. The number of halogens is 3. The second-order valence-corrected chi connectivity index (χ2v) is 4.68. The van der Waals surface area contributed by atoms with Crippen LogP contribution in [0.2, 0.25) is 10.2 Å². The van der Waals surface area contributed by atoms with Crippen molar-refractivity contribution in [1.82, 2.24) is 4.98 Å². The van der Waals surface area contributed by atoms with Gasteiger partial charge in [-0.15, -0.1) is 0 Å². The number of aromatic nitrogens is 1. The van der Waals surface area contributed by atoms with Crippen LogP contribution in [0.5, 0.6) is 0 Å². The van der Waals surface area contributed by atoms with Crippen molar-refractivity contribution < 1.29 is 4.39 Å². The predicted molar refractivity (Wildman–Crippen MR) is 72.7 cm³/mol. The Kier molecular flexibility index (Phi) is 4.04. The summed E-state index contributed by atoms with van der Waals surface area (Å²) in [5.41, 5.74) is 2.21. The fourth-order valence-electron chi connectivity index (χ4n) is 1.59. The van der Waals surface area contributed by atoms with Gasteiger partial charge in [0.2, 0.25) is 0 Å². The predicted octanol–water partition coefficient (Wildman–Crippen LogP) is 4.45. The smallest absolute Gasteiger partial charge is 0.152 e. The number of nitrogens with one attached hydrogen (secondary N) is 1. The Morgan fingerprint density at radius 2 is 2.06 bits per heavy atom. The number of hydrogen-bond donors (Lipinski definition) is 1. The molecular weight excluding hydrogens is 274 g/mol. The van der Waals surface area contributed by atoms with Crippen molar-refractivity contribution in [1.29, 1.82) is 0 Å². The van der Waals surface area contributed by atoms with Crippen LogP contribution in [0.15, 0.2) is 30.5 Å². The van der Waals surface area contributed by atoms with Gasteiger partial charge in [-0.2, -0.15) is 0 Å². The molecule has 1 aromatic heterocycles. The van der Waals surface area contributed by atoms with E-state index in [-0.39, 0.29) is 5.82 Å². The van der Waals surface area contributed by atoms with E-state index in [4.69, 9.17) is 23.2 Å². The molecule has 0 unspecified atom stereocenters. The number of anilines is 1. The van der Waals surface area contributed by atoms with E-state index < -0.39 is 0 Å². The number of nitrogens with zero attached hydrogens (tertiary/aromatic N) is 1. The summed E-state index contributed by atoms with van der Waals surface area (Å²) in [6, 6.07) is 6.42. The van der Waals surface area contributed by atoms with E-state index in [0.717, 1.165) is 5.56 Å². The molecule has 0 aliphatic heterocycles. The van der Waals surface area contributed by atoms with E-state index in [9.17, 15) is 4.39 Å². The molecule has 0 aliphatic carbocycles. The van der Waals surface area contributed by atoms with E-state index in [1.54, 1.807) is 18.3 Å². The van der Waals surface area contributed by atoms with Crippen LogP contribution in [0, 0.1) is 12.7 Å². The standard InChI is InChI=1S/C13H11Cl2FN2/c1-8-4-5-17-13(15)12(8)18-7-9-2-3-10(14)6-11(9)16/h2-6,18H,7H2,1H3. The van der Waals surface area contributed by atoms with E-state index in [0.29, 0.717) is 28.0 Å². The maximum absolute atomic E-state index is 13.6. The van der Waals surface area contributed by atoms with Crippen LogP contribution >= 0.6 is 23.2 Å². The SMILES string of the molecule is Cc1ccnc(Cl)c1NCc1ccc(Cl)cc1F. The van der Waals surface area contributed by atoms with E-state index >= 15 is 0 Å². The quantitative estimate of drug-likeness (QED) is 0.843. The summed E-state index contributed by atoms with van der Waals surface area (Å²) in [4.78, 5) is 3.98. The van der Waals surface area contributed by atoms with Gasteiger partial charge in [-0.1, -0.05) is 29.3 Å². The molecule has 0 saturated heterocycles. The molecule has 0 spiro atoms. The highest BCUT2D eigenvalue weighted by molar-refractivity contribution is 6.32. The molecule has 18 heavy (non-hydrogen) atoms. The number of aryl methyl sites for hydroxylation is 1. The maximum Gasteiger partial charge on any atom is 0.152 e. The Bertz CT molecular complexity index is 553. The van der Waals surface area contributed by atoms with Crippen LogP contribution in [-0.4, -0.2) is 4.98 Å². The Morgan fingerprint density at radius 1 is 1.28 bits per heavy atom. The van der Waals surface area contributed by atoms with Crippen LogP contribution in [0.4, 0.5) is 10.1 Å². The van der Waals surface area contributed by atoms with Gasteiger partial charge in [0.05, 0.1) is 5.69 Å². The molecule has 2 rings (SSSR count). The van der Waals surface area contributed by atoms with Gasteiger partial charge in [-0.05, 0) is 30.7 Å². The normalized spacial score (nSPS) is 10.4. The Hall–Kier alpha value is -1.32. The number of rotatable bonds is 3. The first-order chi connectivity index (χ1) is 8.58. The van der Waals surface area contributed by atoms with E-state index in [1.165, 1.54) is 6.07 Å². The lowest BCUT2D eigenvalue weighted by Gasteiger charge is -2.11. The van der Waals surface area contributed by atoms with Crippen molar-refractivity contribution in [2.24, 2.45) is 0 Å². The summed E-state index contributed by atoms with van der Waals surface area (Å²) in [6.45, 7) is 2.24. The topological polar surface area (TPSA) is 24.9 Å². The van der Waals surface area contributed by atoms with Crippen LogP contribution in [0.3, 0.4) is 0 Å². The first kappa shape index (κ1) is 13.1. The van der Waals surface area contributed by atoms with Gasteiger partial charge < -0.3 is 5.32 Å². The molecular formula is C13H11Cl2FN2. The van der Waals surface area contributed by atoms with Crippen molar-refractivity contribution in [2.45, 2.75) is 13.5 Å². The number of benzene rings is 1. The Labute approximate surface area is 115 Å². The summed E-state index contributed by atoms with van der Waals surface area (Å²) in [5, 5.41) is 3.84. The third kappa shape index (κ3) is 2.92. The van der Waals surface area contributed by atoms with Crippen LogP contribution < -0.4 is 5.32 Å². The second-order valence-electron chi connectivity index (χ2n) is 3.88. The lowest BCUT2D eigenvalue weighted by atomic mass is 10.2. The fourth-order valence-corrected chi connectivity index (χ4v) is 2.02. The monoisotopic (exact) mass is 284 g/mol. The summed E-state index contributed by atoms with van der Waals surface area (Å²) in [5.74, 6) is -0.340. The third-order valence-electron chi connectivity index (χ3n) is 2.58. The molecule has 1 heterocycles. The van der Waals surface area contributed by atoms with Gasteiger partial charge in [0.15, 0.2) is 5.15 Å². The lowest BCUT2D eigenvalue weighted by Crippen LogP contribution is -2.04.